The first-order valence-corrected chi connectivity index (χ1v) is 7.54. The van der Waals surface area contributed by atoms with Crippen LogP contribution in [-0.2, 0) is 11.2 Å². The summed E-state index contributed by atoms with van der Waals surface area (Å²) < 4.78 is 25.3. The van der Waals surface area contributed by atoms with Crippen molar-refractivity contribution in [2.75, 3.05) is 31.1 Å². The van der Waals surface area contributed by atoms with Crippen molar-refractivity contribution in [2.45, 2.75) is 25.7 Å². The van der Waals surface area contributed by atoms with Crippen LogP contribution >= 0.6 is 0 Å². The van der Waals surface area contributed by atoms with E-state index in [1.54, 1.807) is 0 Å². The zero-order chi connectivity index (χ0) is 14.8. The van der Waals surface area contributed by atoms with Crippen LogP contribution in [-0.4, -0.2) is 43.4 Å². The molecular weight excluding hydrogens is 274 g/mol. The monoisotopic (exact) mass is 294 g/mol. The van der Waals surface area contributed by atoms with E-state index in [0.717, 1.165) is 18.7 Å². The number of para-hydroxylation sites is 1. The summed E-state index contributed by atoms with van der Waals surface area (Å²) in [5.41, 5.74) is 2.22. The maximum Gasteiger partial charge on any atom is 0.241 e. The van der Waals surface area contributed by atoms with Gasteiger partial charge in [0, 0.05) is 18.2 Å². The summed E-state index contributed by atoms with van der Waals surface area (Å²) in [5, 5.41) is 0. The Balaban J connectivity index is 1.56. The fourth-order valence-electron chi connectivity index (χ4n) is 3.24. The largest absolute Gasteiger partial charge is 0.311 e. The van der Waals surface area contributed by atoms with Gasteiger partial charge in [-0.2, -0.15) is 0 Å². The quantitative estimate of drug-likeness (QED) is 0.855. The minimum Gasteiger partial charge on any atom is -0.311 e. The van der Waals surface area contributed by atoms with E-state index in [0.29, 0.717) is 32.5 Å². The molecule has 0 atom stereocenters. The summed E-state index contributed by atoms with van der Waals surface area (Å²) in [6, 6.07) is 7.96. The van der Waals surface area contributed by atoms with Crippen LogP contribution in [0.5, 0.6) is 0 Å². The third-order valence-electron chi connectivity index (χ3n) is 4.54. The third-order valence-corrected chi connectivity index (χ3v) is 4.54. The highest BCUT2D eigenvalue weighted by molar-refractivity contribution is 5.96. The van der Waals surface area contributed by atoms with Crippen LogP contribution in [0.2, 0.25) is 0 Å². The molecule has 2 aliphatic heterocycles. The molecule has 0 unspecified atom stereocenters. The third kappa shape index (κ3) is 3.07. The minimum absolute atomic E-state index is 0.0791. The molecule has 3 rings (SSSR count). The first kappa shape index (κ1) is 14.4. The second-order valence-corrected chi connectivity index (χ2v) is 5.87. The molecular formula is C16H20F2N2O. The molecule has 0 aliphatic carbocycles. The fraction of sp³-hybridized carbons (Fsp3) is 0.562. The second-order valence-electron chi connectivity index (χ2n) is 5.87. The van der Waals surface area contributed by atoms with Crippen molar-refractivity contribution in [3.05, 3.63) is 29.8 Å². The van der Waals surface area contributed by atoms with Gasteiger partial charge in [0.2, 0.25) is 12.3 Å². The van der Waals surface area contributed by atoms with Crippen molar-refractivity contribution in [1.82, 2.24) is 4.90 Å². The van der Waals surface area contributed by atoms with Crippen LogP contribution in [0.25, 0.3) is 0 Å². The van der Waals surface area contributed by atoms with Gasteiger partial charge in [0.1, 0.15) is 0 Å². The first-order valence-electron chi connectivity index (χ1n) is 7.54. The number of alkyl halides is 2. The Labute approximate surface area is 123 Å². The van der Waals surface area contributed by atoms with Gasteiger partial charge < -0.3 is 4.90 Å². The number of halogens is 2. The van der Waals surface area contributed by atoms with Gasteiger partial charge in [0.05, 0.1) is 6.54 Å². The fourth-order valence-corrected chi connectivity index (χ4v) is 3.24. The molecule has 5 heteroatoms. The van der Waals surface area contributed by atoms with E-state index in [9.17, 15) is 13.6 Å². The van der Waals surface area contributed by atoms with Crippen LogP contribution in [0, 0.1) is 5.92 Å². The predicted octanol–water partition coefficient (Wildman–Crippen LogP) is 2.55. The lowest BCUT2D eigenvalue weighted by Gasteiger charge is -2.32. The lowest BCUT2D eigenvalue weighted by Crippen LogP contribution is -2.43. The lowest BCUT2D eigenvalue weighted by atomic mass is 9.97. The number of carbonyl (C=O) groups is 1. The number of fused-ring (bicyclic) bond motifs is 1. The number of likely N-dealkylation sites (tertiary alicyclic amines) is 1. The molecule has 1 aromatic rings. The van der Waals surface area contributed by atoms with Gasteiger partial charge in [-0.3, -0.25) is 9.69 Å². The Morgan fingerprint density at radius 3 is 2.62 bits per heavy atom. The van der Waals surface area contributed by atoms with Crippen molar-refractivity contribution in [1.29, 1.82) is 0 Å². The molecule has 0 bridgehead atoms. The van der Waals surface area contributed by atoms with E-state index in [2.05, 4.69) is 6.07 Å². The molecule has 21 heavy (non-hydrogen) atoms. The van der Waals surface area contributed by atoms with Crippen molar-refractivity contribution in [3.63, 3.8) is 0 Å². The Bertz CT molecular complexity index is 513. The molecule has 1 amide bonds. The average Bonchev–Trinajstić information content (AvgIpc) is 2.92. The minimum atomic E-state index is -2.23. The van der Waals surface area contributed by atoms with Gasteiger partial charge in [0.25, 0.3) is 0 Å². The summed E-state index contributed by atoms with van der Waals surface area (Å²) in [6.07, 6.45) is -0.355. The highest BCUT2D eigenvalue weighted by atomic mass is 19.3. The number of rotatable bonds is 3. The molecule has 0 spiro atoms. The highest BCUT2D eigenvalue weighted by Gasteiger charge is 2.29. The van der Waals surface area contributed by atoms with E-state index in [1.165, 1.54) is 5.56 Å². The Kier molecular flexibility index (Phi) is 4.19. The van der Waals surface area contributed by atoms with Crippen LogP contribution in [0.4, 0.5) is 14.5 Å². The molecule has 0 radical (unpaired) electrons. The molecule has 1 aromatic carbocycles. The van der Waals surface area contributed by atoms with E-state index in [1.807, 2.05) is 28.0 Å². The molecule has 1 saturated heterocycles. The van der Waals surface area contributed by atoms with Crippen molar-refractivity contribution >= 4 is 11.6 Å². The van der Waals surface area contributed by atoms with E-state index in [-0.39, 0.29) is 5.91 Å². The summed E-state index contributed by atoms with van der Waals surface area (Å²) in [6.45, 7) is 2.25. The van der Waals surface area contributed by atoms with E-state index >= 15 is 0 Å². The Morgan fingerprint density at radius 1 is 1.19 bits per heavy atom. The van der Waals surface area contributed by atoms with Gasteiger partial charge in [0.15, 0.2) is 0 Å². The highest BCUT2D eigenvalue weighted by Crippen LogP contribution is 2.28. The van der Waals surface area contributed by atoms with E-state index < -0.39 is 12.3 Å². The number of amides is 1. The van der Waals surface area contributed by atoms with Crippen LogP contribution in [0.1, 0.15) is 18.4 Å². The Hall–Kier alpha value is -1.49. The zero-order valence-corrected chi connectivity index (χ0v) is 12.0. The molecule has 0 aromatic heterocycles. The maximum atomic E-state index is 12.6. The standard InChI is InChI=1S/C16H20F2N2O/c17-16(18)13-5-8-19(9-6-13)11-15(21)20-10-7-12-3-1-2-4-14(12)20/h1-4,13,16H,5-11H2. The predicted molar refractivity (Wildman–Crippen MR) is 77.7 cm³/mol. The summed E-state index contributed by atoms with van der Waals surface area (Å²) >= 11 is 0. The zero-order valence-electron chi connectivity index (χ0n) is 12.0. The van der Waals surface area contributed by atoms with Gasteiger partial charge in [-0.1, -0.05) is 18.2 Å². The lowest BCUT2D eigenvalue weighted by molar-refractivity contribution is -0.120. The number of piperidine rings is 1. The molecule has 2 heterocycles. The van der Waals surface area contributed by atoms with Crippen molar-refractivity contribution < 1.29 is 13.6 Å². The number of carbonyl (C=O) groups excluding carboxylic acids is 1. The molecule has 114 valence electrons. The molecule has 3 nitrogen and oxygen atoms in total. The summed E-state index contributed by atoms with van der Waals surface area (Å²) in [7, 11) is 0. The summed E-state index contributed by atoms with van der Waals surface area (Å²) in [4.78, 5) is 16.3. The van der Waals surface area contributed by atoms with Crippen LogP contribution in [0.3, 0.4) is 0 Å². The maximum absolute atomic E-state index is 12.6. The van der Waals surface area contributed by atoms with Gasteiger partial charge in [-0.25, -0.2) is 8.78 Å². The molecule has 1 fully saturated rings. The number of nitrogens with zero attached hydrogens (tertiary/aromatic N) is 2. The average molecular weight is 294 g/mol. The van der Waals surface area contributed by atoms with Crippen LogP contribution < -0.4 is 4.90 Å². The van der Waals surface area contributed by atoms with E-state index in [4.69, 9.17) is 0 Å². The smallest absolute Gasteiger partial charge is 0.241 e. The summed E-state index contributed by atoms with van der Waals surface area (Å²) in [5.74, 6) is -0.417. The molecule has 0 N–H and O–H groups in total. The topological polar surface area (TPSA) is 23.6 Å². The number of anilines is 1. The van der Waals surface area contributed by atoms with Gasteiger partial charge in [-0.05, 0) is 44.0 Å². The number of benzene rings is 1. The van der Waals surface area contributed by atoms with Gasteiger partial charge in [-0.15, -0.1) is 0 Å². The van der Waals surface area contributed by atoms with Crippen LogP contribution in [0.15, 0.2) is 24.3 Å². The van der Waals surface area contributed by atoms with Crippen molar-refractivity contribution in [2.24, 2.45) is 5.92 Å². The first-order chi connectivity index (χ1) is 10.1. The van der Waals surface area contributed by atoms with Gasteiger partial charge >= 0.3 is 0 Å². The Morgan fingerprint density at radius 2 is 1.90 bits per heavy atom. The molecule has 0 saturated carbocycles. The number of hydrogen-bond donors (Lipinski definition) is 0. The SMILES string of the molecule is O=C(CN1CCC(C(F)F)CC1)N1CCc2ccccc21. The molecule has 2 aliphatic rings. The normalized spacial score (nSPS) is 20.0. The second kappa shape index (κ2) is 6.10. The van der Waals surface area contributed by atoms with Crippen molar-refractivity contribution in [3.8, 4) is 0 Å². The number of hydrogen-bond acceptors (Lipinski definition) is 2.